The van der Waals surface area contributed by atoms with Crippen LogP contribution in [0.15, 0.2) is 102 Å². The first-order valence-corrected chi connectivity index (χ1v) is 15.4. The van der Waals surface area contributed by atoms with Crippen molar-refractivity contribution in [2.75, 3.05) is 7.11 Å². The van der Waals surface area contributed by atoms with Crippen molar-refractivity contribution in [3.8, 4) is 17.2 Å². The molecule has 0 saturated heterocycles. The number of nitrogens with zero attached hydrogens (tertiary/aromatic N) is 1. The fourth-order valence-corrected chi connectivity index (χ4v) is 6.46. The van der Waals surface area contributed by atoms with Crippen molar-refractivity contribution in [1.29, 1.82) is 0 Å². The van der Waals surface area contributed by atoms with Crippen LogP contribution in [0.5, 0.6) is 17.2 Å². The predicted molar refractivity (Wildman–Crippen MR) is 150 cm³/mol. The molecule has 0 saturated carbocycles. The van der Waals surface area contributed by atoms with Gasteiger partial charge in [-0.1, -0.05) is 72.3 Å². The van der Waals surface area contributed by atoms with Crippen molar-refractivity contribution in [1.82, 2.24) is 4.31 Å². The summed E-state index contributed by atoms with van der Waals surface area (Å²) in [6.45, 7) is -0.525. The molecule has 0 unspecified atom stereocenters. The highest BCUT2D eigenvalue weighted by atomic mass is 35.5. The molecule has 0 bridgehead atoms. The zero-order valence-electron chi connectivity index (χ0n) is 21.5. The molecule has 0 aliphatic rings. The minimum Gasteiger partial charge on any atom is -0.495 e. The lowest BCUT2D eigenvalue weighted by Crippen LogP contribution is -2.31. The van der Waals surface area contributed by atoms with E-state index >= 15 is 0 Å². The second-order valence-corrected chi connectivity index (χ2v) is 12.8. The van der Waals surface area contributed by atoms with Gasteiger partial charge in [0.05, 0.1) is 17.7 Å². The van der Waals surface area contributed by atoms with Gasteiger partial charge in [0.1, 0.15) is 22.1 Å². The van der Waals surface area contributed by atoms with Crippen molar-refractivity contribution in [3.05, 3.63) is 119 Å². The summed E-state index contributed by atoms with van der Waals surface area (Å²) < 4.78 is 80.4. The minimum atomic E-state index is -5.87. The highest BCUT2D eigenvalue weighted by Gasteiger charge is 2.51. The number of rotatable bonds is 11. The molecule has 0 amide bonds. The number of alkyl halides is 2. The normalized spacial score (nSPS) is 12.4. The first kappa shape index (κ1) is 30.6. The first-order valence-electron chi connectivity index (χ1n) is 12.0. The van der Waals surface area contributed by atoms with E-state index in [-0.39, 0.29) is 29.3 Å². The van der Waals surface area contributed by atoms with Crippen LogP contribution in [0, 0.1) is 0 Å². The molecule has 0 spiro atoms. The maximum atomic E-state index is 14.3. The lowest BCUT2D eigenvalue weighted by Gasteiger charge is -2.25. The van der Waals surface area contributed by atoms with Crippen LogP contribution in [-0.2, 0) is 33.3 Å². The van der Waals surface area contributed by atoms with Gasteiger partial charge < -0.3 is 19.3 Å². The van der Waals surface area contributed by atoms with Crippen LogP contribution in [0.25, 0.3) is 0 Å². The number of methoxy groups -OCH3 is 1. The van der Waals surface area contributed by atoms with Gasteiger partial charge in [-0.15, -0.1) is 0 Å². The number of para-hydroxylation sites is 3. The van der Waals surface area contributed by atoms with E-state index < -0.39 is 33.9 Å². The van der Waals surface area contributed by atoms with E-state index in [2.05, 4.69) is 0 Å². The Morgan fingerprint density at radius 2 is 1.49 bits per heavy atom. The summed E-state index contributed by atoms with van der Waals surface area (Å²) in [6, 6.07) is 24.7. The van der Waals surface area contributed by atoms with E-state index in [1.807, 2.05) is 6.07 Å². The van der Waals surface area contributed by atoms with Crippen LogP contribution in [0.3, 0.4) is 0 Å². The number of benzene rings is 4. The molecule has 216 valence electrons. The molecule has 0 fully saturated rings. The van der Waals surface area contributed by atoms with Crippen LogP contribution < -0.4 is 9.47 Å². The van der Waals surface area contributed by atoms with E-state index in [0.29, 0.717) is 17.1 Å². The fourth-order valence-electron chi connectivity index (χ4n) is 4.00. The maximum Gasteiger partial charge on any atom is 0.399 e. The molecule has 2 N–H and O–H groups in total. The average molecular weight is 624 g/mol. The van der Waals surface area contributed by atoms with E-state index in [4.69, 9.17) is 30.9 Å². The summed E-state index contributed by atoms with van der Waals surface area (Å²) in [5.41, 5.74) is -4.90. The van der Waals surface area contributed by atoms with Gasteiger partial charge >= 0.3 is 13.3 Å². The second-order valence-electron chi connectivity index (χ2n) is 8.85. The van der Waals surface area contributed by atoms with Gasteiger partial charge in [-0.3, -0.25) is 4.57 Å². The van der Waals surface area contributed by atoms with E-state index in [1.165, 1.54) is 25.3 Å². The predicted octanol–water partition coefficient (Wildman–Crippen LogP) is 6.76. The molecule has 0 heterocycles. The van der Waals surface area contributed by atoms with Gasteiger partial charge in [-0.25, -0.2) is 8.42 Å². The summed E-state index contributed by atoms with van der Waals surface area (Å²) in [7, 11) is -8.80. The lowest BCUT2D eigenvalue weighted by atomic mass is 10.1. The second kappa shape index (κ2) is 12.3. The highest BCUT2D eigenvalue weighted by Crippen LogP contribution is 2.60. The van der Waals surface area contributed by atoms with Crippen molar-refractivity contribution in [2.24, 2.45) is 0 Å². The standard InChI is InChI=1S/C28H25ClF2NO7PS/c1-38-26-13-7-8-14-27(26)41(36,37)32(18-20-15-16-23(24(29)17-20)28(30,31)40(33,34)35)19-21-9-5-6-12-25(21)39-22-10-3-2-4-11-22/h2-17H,18-19H2,1H3,(H2,33,34,35). The lowest BCUT2D eigenvalue weighted by molar-refractivity contribution is 0.0565. The summed E-state index contributed by atoms with van der Waals surface area (Å²) >= 11 is 6.03. The van der Waals surface area contributed by atoms with Crippen LogP contribution in [-0.4, -0.2) is 29.6 Å². The summed E-state index contributed by atoms with van der Waals surface area (Å²) in [6.07, 6.45) is 0. The van der Waals surface area contributed by atoms with Gasteiger partial charge in [0.15, 0.2) is 0 Å². The van der Waals surface area contributed by atoms with Crippen LogP contribution in [0.1, 0.15) is 16.7 Å². The highest BCUT2D eigenvalue weighted by molar-refractivity contribution is 7.89. The SMILES string of the molecule is COc1ccccc1S(=O)(=O)N(Cc1ccc(C(F)(F)P(=O)(O)O)c(Cl)c1)Cc1ccccc1Oc1ccccc1. The third-order valence-corrected chi connectivity index (χ3v) is 9.18. The maximum absolute atomic E-state index is 14.3. The van der Waals surface area contributed by atoms with Crippen molar-refractivity contribution < 1.29 is 41.0 Å². The number of hydrogen-bond acceptors (Lipinski definition) is 5. The van der Waals surface area contributed by atoms with Crippen LogP contribution in [0.4, 0.5) is 8.78 Å². The van der Waals surface area contributed by atoms with Gasteiger partial charge in [-0.05, 0) is 42.0 Å². The van der Waals surface area contributed by atoms with Crippen molar-refractivity contribution >= 4 is 29.2 Å². The molecule has 4 aromatic rings. The zero-order chi connectivity index (χ0) is 29.8. The Hall–Kier alpha value is -3.31. The molecule has 41 heavy (non-hydrogen) atoms. The van der Waals surface area contributed by atoms with E-state index in [9.17, 15) is 21.8 Å². The van der Waals surface area contributed by atoms with Gasteiger partial charge in [-0.2, -0.15) is 13.1 Å². The van der Waals surface area contributed by atoms with Gasteiger partial charge in [0.25, 0.3) is 0 Å². The Bertz CT molecular complexity index is 1680. The number of ether oxygens (including phenoxy) is 2. The zero-order valence-corrected chi connectivity index (χ0v) is 24.0. The van der Waals surface area contributed by atoms with Crippen molar-refractivity contribution in [2.45, 2.75) is 23.6 Å². The molecule has 4 rings (SSSR count). The third-order valence-electron chi connectivity index (χ3n) is 6.06. The minimum absolute atomic E-state index is 0.0981. The fraction of sp³-hybridized carbons (Fsp3) is 0.143. The molecule has 4 aromatic carbocycles. The Kier molecular flexibility index (Phi) is 9.18. The molecule has 0 aliphatic carbocycles. The molecule has 0 aromatic heterocycles. The van der Waals surface area contributed by atoms with Gasteiger partial charge in [0.2, 0.25) is 10.0 Å². The Balaban J connectivity index is 1.76. The topological polar surface area (TPSA) is 113 Å². The monoisotopic (exact) mass is 623 g/mol. The summed E-state index contributed by atoms with van der Waals surface area (Å²) in [4.78, 5) is 18.1. The third kappa shape index (κ3) is 6.78. The van der Waals surface area contributed by atoms with E-state index in [1.54, 1.807) is 54.6 Å². The Morgan fingerprint density at radius 1 is 0.878 bits per heavy atom. The molecule has 0 aliphatic heterocycles. The average Bonchev–Trinajstić information content (AvgIpc) is 2.93. The smallest absolute Gasteiger partial charge is 0.399 e. The molecular weight excluding hydrogens is 599 g/mol. The largest absolute Gasteiger partial charge is 0.495 e. The Labute approximate surface area is 240 Å². The van der Waals surface area contributed by atoms with Gasteiger partial charge in [0, 0.05) is 18.7 Å². The number of sulfonamides is 1. The summed E-state index contributed by atoms with van der Waals surface area (Å²) in [5, 5.41) is -0.627. The first-order chi connectivity index (χ1) is 19.3. The summed E-state index contributed by atoms with van der Waals surface area (Å²) in [5.74, 6) is 1.03. The molecule has 0 radical (unpaired) electrons. The number of hydrogen-bond donors (Lipinski definition) is 2. The number of halogens is 3. The van der Waals surface area contributed by atoms with Crippen LogP contribution in [0.2, 0.25) is 5.02 Å². The quantitative estimate of drug-likeness (QED) is 0.178. The molecule has 13 heteroatoms. The molecule has 8 nitrogen and oxygen atoms in total. The van der Waals surface area contributed by atoms with Crippen LogP contribution >= 0.6 is 19.2 Å². The van der Waals surface area contributed by atoms with E-state index in [0.717, 1.165) is 22.5 Å². The molecular formula is C28H25ClF2NO7PS. The van der Waals surface area contributed by atoms with Crippen molar-refractivity contribution in [3.63, 3.8) is 0 Å². The Morgan fingerprint density at radius 3 is 2.12 bits per heavy atom. The molecule has 0 atom stereocenters.